The second-order valence-electron chi connectivity index (χ2n) is 13.1. The molecule has 4 nitrogen and oxygen atoms in total. The summed E-state index contributed by atoms with van der Waals surface area (Å²) in [7, 11) is 0. The van der Waals surface area contributed by atoms with Gasteiger partial charge in [0.25, 0.3) is 0 Å². The minimum Gasteiger partial charge on any atom is -0.208 e. The Labute approximate surface area is 306 Å². The number of hydrogen-bond acceptors (Lipinski definition) is 5. The van der Waals surface area contributed by atoms with Crippen LogP contribution in [0, 0.1) is 11.3 Å². The Morgan fingerprint density at radius 3 is 1.60 bits per heavy atom. The molecule has 0 N–H and O–H groups in total. The molecule has 1 atom stereocenters. The highest BCUT2D eigenvalue weighted by Gasteiger charge is 2.50. The van der Waals surface area contributed by atoms with Gasteiger partial charge in [0.1, 0.15) is 0 Å². The third-order valence-corrected chi connectivity index (χ3v) is 11.4. The minimum absolute atomic E-state index is 0.557. The lowest BCUT2D eigenvalue weighted by Gasteiger charge is -2.40. The molecule has 8 aromatic rings. The molecule has 0 radical (unpaired) electrons. The first-order valence-corrected chi connectivity index (χ1v) is 18.1. The molecule has 0 bridgehead atoms. The van der Waals surface area contributed by atoms with Crippen LogP contribution in [0.5, 0.6) is 0 Å². The van der Waals surface area contributed by atoms with Crippen LogP contribution in [0.4, 0.5) is 0 Å². The van der Waals surface area contributed by atoms with Crippen molar-refractivity contribution in [1.82, 2.24) is 15.0 Å². The molecular formula is C47H28N4S. The molecule has 0 saturated heterocycles. The fourth-order valence-corrected chi connectivity index (χ4v) is 9.07. The van der Waals surface area contributed by atoms with E-state index in [1.807, 2.05) is 78.5 Å². The van der Waals surface area contributed by atoms with E-state index in [0.717, 1.165) is 33.4 Å². The SMILES string of the molecule is N#Cc1ccc2c(c1)C1(c3ccccc3Sc3ccc(-c4ccc(-c5nc(-c6ccccc6)nc(-c6ccccc6)n5)cc4)cc31)c1ccccc1-2. The number of fused-ring (bicyclic) bond motifs is 9. The van der Waals surface area contributed by atoms with Crippen LogP contribution < -0.4 is 0 Å². The maximum Gasteiger partial charge on any atom is 0.164 e. The van der Waals surface area contributed by atoms with Gasteiger partial charge in [-0.25, -0.2) is 15.0 Å². The zero-order valence-electron chi connectivity index (χ0n) is 27.9. The molecule has 0 amide bonds. The smallest absolute Gasteiger partial charge is 0.164 e. The molecule has 0 saturated carbocycles. The number of aromatic nitrogens is 3. The fourth-order valence-electron chi connectivity index (χ4n) is 7.90. The first kappa shape index (κ1) is 30.2. The van der Waals surface area contributed by atoms with Gasteiger partial charge in [0, 0.05) is 26.5 Å². The highest BCUT2D eigenvalue weighted by atomic mass is 32.2. The normalized spacial score (nSPS) is 14.9. The van der Waals surface area contributed by atoms with Crippen molar-refractivity contribution in [2.24, 2.45) is 0 Å². The van der Waals surface area contributed by atoms with E-state index in [1.165, 1.54) is 37.6 Å². The molecule has 1 aliphatic carbocycles. The number of hydrogen-bond donors (Lipinski definition) is 0. The first-order valence-electron chi connectivity index (χ1n) is 17.2. The average molecular weight is 681 g/mol. The van der Waals surface area contributed by atoms with Gasteiger partial charge in [0.05, 0.1) is 17.0 Å². The third-order valence-electron chi connectivity index (χ3n) is 10.2. The molecule has 7 aromatic carbocycles. The molecule has 2 heterocycles. The molecule has 0 fully saturated rings. The quantitative estimate of drug-likeness (QED) is 0.185. The second kappa shape index (κ2) is 12.0. The Morgan fingerprint density at radius 2 is 0.923 bits per heavy atom. The van der Waals surface area contributed by atoms with Crippen LogP contribution in [0.2, 0.25) is 0 Å². The molecule has 2 aliphatic rings. The van der Waals surface area contributed by atoms with Gasteiger partial charge in [-0.15, -0.1) is 0 Å². The van der Waals surface area contributed by atoms with Crippen LogP contribution in [0.1, 0.15) is 27.8 Å². The van der Waals surface area contributed by atoms with Crippen molar-refractivity contribution in [3.63, 3.8) is 0 Å². The Morgan fingerprint density at radius 1 is 0.404 bits per heavy atom. The lowest BCUT2D eigenvalue weighted by atomic mass is 9.67. The fraction of sp³-hybridized carbons (Fsp3) is 0.0213. The van der Waals surface area contributed by atoms with Crippen molar-refractivity contribution in [3.05, 3.63) is 198 Å². The summed E-state index contributed by atoms with van der Waals surface area (Å²) in [6.45, 7) is 0. The Hall–Kier alpha value is -6.61. The first-order chi connectivity index (χ1) is 25.7. The highest BCUT2D eigenvalue weighted by molar-refractivity contribution is 7.99. The zero-order valence-corrected chi connectivity index (χ0v) is 28.7. The summed E-state index contributed by atoms with van der Waals surface area (Å²) in [5.74, 6) is 1.91. The van der Waals surface area contributed by atoms with E-state index in [1.54, 1.807) is 0 Å². The summed E-state index contributed by atoms with van der Waals surface area (Å²) in [5.41, 5.74) is 12.4. The number of rotatable bonds is 4. The van der Waals surface area contributed by atoms with Gasteiger partial charge in [0.2, 0.25) is 0 Å². The van der Waals surface area contributed by atoms with E-state index < -0.39 is 5.41 Å². The molecule has 242 valence electrons. The van der Waals surface area contributed by atoms with Crippen molar-refractivity contribution >= 4 is 11.8 Å². The van der Waals surface area contributed by atoms with Gasteiger partial charge in [-0.05, 0) is 74.8 Å². The standard InChI is InChI=1S/C47H28N4S/c48-29-30-19-25-37-36-15-7-8-16-38(36)47(40(37)27-30)39-17-9-10-18-42(39)52-43-26-24-35(28-41(43)47)31-20-22-34(23-21-31)46-50-44(32-11-3-1-4-12-32)49-45(51-46)33-13-5-2-6-14-33/h1-28H. The van der Waals surface area contributed by atoms with Crippen LogP contribution in [-0.4, -0.2) is 15.0 Å². The lowest BCUT2D eigenvalue weighted by Crippen LogP contribution is -2.32. The van der Waals surface area contributed by atoms with Crippen molar-refractivity contribution in [2.45, 2.75) is 15.2 Å². The molecule has 5 heteroatoms. The van der Waals surface area contributed by atoms with Gasteiger partial charge in [0.15, 0.2) is 17.5 Å². The molecule has 52 heavy (non-hydrogen) atoms. The van der Waals surface area contributed by atoms with E-state index in [-0.39, 0.29) is 0 Å². The average Bonchev–Trinajstić information content (AvgIpc) is 3.51. The number of nitriles is 1. The van der Waals surface area contributed by atoms with E-state index in [4.69, 9.17) is 15.0 Å². The summed E-state index contributed by atoms with van der Waals surface area (Å²) in [6.07, 6.45) is 0. The van der Waals surface area contributed by atoms with Crippen molar-refractivity contribution in [1.29, 1.82) is 5.26 Å². The van der Waals surface area contributed by atoms with Gasteiger partial charge in [-0.2, -0.15) is 5.26 Å². The molecule has 10 rings (SSSR count). The molecular weight excluding hydrogens is 653 g/mol. The van der Waals surface area contributed by atoms with Crippen LogP contribution >= 0.6 is 11.8 Å². The van der Waals surface area contributed by atoms with Gasteiger partial charge in [-0.3, -0.25) is 0 Å². The summed E-state index contributed by atoms with van der Waals surface area (Å²) < 4.78 is 0. The largest absolute Gasteiger partial charge is 0.208 e. The number of nitrogens with zero attached hydrogens (tertiary/aromatic N) is 4. The monoisotopic (exact) mass is 680 g/mol. The summed E-state index contributed by atoms with van der Waals surface area (Å²) >= 11 is 1.82. The van der Waals surface area contributed by atoms with Crippen LogP contribution in [-0.2, 0) is 5.41 Å². The molecule has 1 aromatic heterocycles. The highest BCUT2D eigenvalue weighted by Crippen LogP contribution is 2.62. The van der Waals surface area contributed by atoms with Crippen LogP contribution in [0.3, 0.4) is 0 Å². The molecule has 1 spiro atoms. The van der Waals surface area contributed by atoms with E-state index in [9.17, 15) is 5.26 Å². The minimum atomic E-state index is -0.557. The maximum absolute atomic E-state index is 10.0. The van der Waals surface area contributed by atoms with Gasteiger partial charge < -0.3 is 0 Å². The van der Waals surface area contributed by atoms with Crippen molar-refractivity contribution in [2.75, 3.05) is 0 Å². The predicted molar refractivity (Wildman–Crippen MR) is 208 cm³/mol. The Kier molecular flexibility index (Phi) is 6.99. The van der Waals surface area contributed by atoms with Crippen molar-refractivity contribution < 1.29 is 0 Å². The summed E-state index contributed by atoms with van der Waals surface area (Å²) in [6, 6.07) is 61.5. The van der Waals surface area contributed by atoms with Crippen molar-refractivity contribution in [3.8, 4) is 62.5 Å². The van der Waals surface area contributed by atoms with E-state index in [0.29, 0.717) is 23.0 Å². The third kappa shape index (κ3) is 4.66. The van der Waals surface area contributed by atoms with Gasteiger partial charge >= 0.3 is 0 Å². The van der Waals surface area contributed by atoms with Crippen LogP contribution in [0.15, 0.2) is 180 Å². The van der Waals surface area contributed by atoms with Gasteiger partial charge in [-0.1, -0.05) is 151 Å². The van der Waals surface area contributed by atoms with Crippen LogP contribution in [0.25, 0.3) is 56.4 Å². The number of benzene rings is 7. The predicted octanol–water partition coefficient (Wildman–Crippen LogP) is 11.2. The summed E-state index contributed by atoms with van der Waals surface area (Å²) in [4.78, 5) is 17.2. The Balaban J connectivity index is 1.12. The second-order valence-corrected chi connectivity index (χ2v) is 14.2. The maximum atomic E-state index is 10.0. The zero-order chi connectivity index (χ0) is 34.6. The molecule has 1 unspecified atom stereocenters. The van der Waals surface area contributed by atoms with E-state index >= 15 is 0 Å². The van der Waals surface area contributed by atoms with E-state index in [2.05, 4.69) is 109 Å². The lowest BCUT2D eigenvalue weighted by molar-refractivity contribution is 0.722. The molecule has 1 aliphatic heterocycles. The summed E-state index contributed by atoms with van der Waals surface area (Å²) in [5, 5.41) is 10.0. The topological polar surface area (TPSA) is 62.5 Å². The Bertz CT molecular complexity index is 2660.